The van der Waals surface area contributed by atoms with Gasteiger partial charge in [0.05, 0.1) is 0 Å². The van der Waals surface area contributed by atoms with Gasteiger partial charge in [0.2, 0.25) is 0 Å². The minimum absolute atomic E-state index is 0.215. The maximum atomic E-state index is 12.1. The van der Waals surface area contributed by atoms with Crippen molar-refractivity contribution in [1.82, 2.24) is 4.67 Å². The minimum atomic E-state index is -5.99. The molecule has 0 bridgehead atoms. The average molecular weight is 275 g/mol. The number of hydrogen-bond acceptors (Lipinski definition) is 3. The molecule has 0 aliphatic heterocycles. The first-order valence-corrected chi connectivity index (χ1v) is 6.43. The molecule has 0 heterocycles. The molecule has 100 valence electrons. The van der Waals surface area contributed by atoms with E-state index in [1.54, 1.807) is 0 Å². The molecule has 0 fully saturated rings. The van der Waals surface area contributed by atoms with E-state index in [4.69, 9.17) is 0 Å². The van der Waals surface area contributed by atoms with Gasteiger partial charge in [0.25, 0.3) is 0 Å². The van der Waals surface area contributed by atoms with E-state index in [9.17, 15) is 36.1 Å². The predicted octanol–water partition coefficient (Wildman–Crippen LogP) is 1.96. The van der Waals surface area contributed by atoms with Crippen molar-refractivity contribution in [3.05, 3.63) is 0 Å². The van der Waals surface area contributed by atoms with Gasteiger partial charge < -0.3 is 0 Å². The van der Waals surface area contributed by atoms with Crippen LogP contribution in [0.2, 0.25) is 0 Å². The van der Waals surface area contributed by atoms with E-state index in [0.717, 1.165) is 14.1 Å². The van der Waals surface area contributed by atoms with Gasteiger partial charge in [-0.15, -0.1) is 0 Å². The zero-order valence-corrected chi connectivity index (χ0v) is 9.37. The summed E-state index contributed by atoms with van der Waals surface area (Å²) >= 11 is 0. The summed E-state index contributed by atoms with van der Waals surface area (Å²) in [6.07, 6.45) is -14.7. The molecule has 3 nitrogen and oxygen atoms in total. The fraction of sp³-hybridized carbons (Fsp3) is 1.00. The molecule has 0 rings (SSSR count). The quantitative estimate of drug-likeness (QED) is 0.611. The standard InChI is InChI=1S/C6H12F6NO2P/c1-13(2)16(14,15,3-5(7,8)9)4-6(10,11)12/h14-15H,3-4H2,1-2H3. The van der Waals surface area contributed by atoms with Crippen molar-refractivity contribution in [1.29, 1.82) is 0 Å². The Hall–Kier alpha value is -0.110. The molecule has 0 saturated heterocycles. The first-order chi connectivity index (χ1) is 6.65. The summed E-state index contributed by atoms with van der Waals surface area (Å²) < 4.78 is 72.5. The average Bonchev–Trinajstić information content (AvgIpc) is 1.73. The van der Waals surface area contributed by atoms with Crippen molar-refractivity contribution in [2.45, 2.75) is 12.4 Å². The Bertz CT molecular complexity index is 241. The van der Waals surface area contributed by atoms with Crippen molar-refractivity contribution in [3.8, 4) is 0 Å². The van der Waals surface area contributed by atoms with Crippen LogP contribution >= 0.6 is 7.21 Å². The van der Waals surface area contributed by atoms with Gasteiger partial charge in [-0.3, -0.25) is 0 Å². The Kier molecular flexibility index (Phi) is 3.95. The molecule has 0 amide bonds. The molecule has 0 saturated carbocycles. The van der Waals surface area contributed by atoms with Crippen LogP contribution in [-0.4, -0.2) is 53.2 Å². The number of halogens is 6. The Labute approximate surface area is 87.8 Å². The van der Waals surface area contributed by atoms with E-state index in [-0.39, 0.29) is 4.67 Å². The van der Waals surface area contributed by atoms with Gasteiger partial charge in [-0.25, -0.2) is 0 Å². The molecule has 0 radical (unpaired) electrons. The fourth-order valence-corrected chi connectivity index (χ4v) is 3.22. The van der Waals surface area contributed by atoms with Crippen LogP contribution in [-0.2, 0) is 0 Å². The van der Waals surface area contributed by atoms with Crippen LogP contribution in [0.3, 0.4) is 0 Å². The van der Waals surface area contributed by atoms with Crippen LogP contribution in [0.25, 0.3) is 0 Å². The van der Waals surface area contributed by atoms with Crippen molar-refractivity contribution in [2.75, 3.05) is 26.4 Å². The second-order valence-electron chi connectivity index (χ2n) is 3.73. The van der Waals surface area contributed by atoms with Crippen LogP contribution in [0.1, 0.15) is 0 Å². The van der Waals surface area contributed by atoms with Crippen LogP contribution in [0.5, 0.6) is 0 Å². The molecular formula is C6H12F6NO2P. The molecule has 0 atom stereocenters. The van der Waals surface area contributed by atoms with Crippen molar-refractivity contribution < 1.29 is 36.1 Å². The van der Waals surface area contributed by atoms with Crippen molar-refractivity contribution in [2.24, 2.45) is 0 Å². The van der Waals surface area contributed by atoms with Gasteiger partial charge in [0.15, 0.2) is 0 Å². The van der Waals surface area contributed by atoms with E-state index in [1.807, 2.05) is 0 Å². The summed E-state index contributed by atoms with van der Waals surface area (Å²) in [7, 11) is -4.45. The zero-order chi connectivity index (χ0) is 13.4. The van der Waals surface area contributed by atoms with Crippen LogP contribution in [0, 0.1) is 0 Å². The molecular weight excluding hydrogens is 263 g/mol. The van der Waals surface area contributed by atoms with Gasteiger partial charge >= 0.3 is 86.8 Å². The Morgan fingerprint density at radius 3 is 1.25 bits per heavy atom. The molecule has 10 heteroatoms. The summed E-state index contributed by atoms with van der Waals surface area (Å²) in [5, 5.41) is 0. The number of alkyl halides is 6. The van der Waals surface area contributed by atoms with Gasteiger partial charge in [0.1, 0.15) is 0 Å². The molecule has 0 unspecified atom stereocenters. The second kappa shape index (κ2) is 3.97. The predicted molar refractivity (Wildman–Crippen MR) is 46.9 cm³/mol. The van der Waals surface area contributed by atoms with Gasteiger partial charge in [-0.05, 0) is 0 Å². The fourth-order valence-electron chi connectivity index (χ4n) is 1.07. The number of hydrogen-bond donors (Lipinski definition) is 2. The number of rotatable bonds is 3. The van der Waals surface area contributed by atoms with Crippen molar-refractivity contribution in [3.63, 3.8) is 0 Å². The van der Waals surface area contributed by atoms with Crippen LogP contribution < -0.4 is 0 Å². The topological polar surface area (TPSA) is 43.7 Å². The van der Waals surface area contributed by atoms with E-state index in [0.29, 0.717) is 0 Å². The summed E-state index contributed by atoms with van der Waals surface area (Å²) in [5.74, 6) is 0. The monoisotopic (exact) mass is 275 g/mol. The van der Waals surface area contributed by atoms with E-state index < -0.39 is 31.9 Å². The number of nitrogens with zero attached hydrogens (tertiary/aromatic N) is 1. The Morgan fingerprint density at radius 2 is 1.12 bits per heavy atom. The maximum absolute atomic E-state index is 12.1. The normalized spacial score (nSPS) is 17.3. The Balaban J connectivity index is 5.22. The van der Waals surface area contributed by atoms with Crippen LogP contribution in [0.4, 0.5) is 26.3 Å². The summed E-state index contributed by atoms with van der Waals surface area (Å²) in [6.45, 7) is 0. The first-order valence-electron chi connectivity index (χ1n) is 3.97. The summed E-state index contributed by atoms with van der Waals surface area (Å²) in [6, 6.07) is 0. The van der Waals surface area contributed by atoms with Crippen molar-refractivity contribution >= 4 is 7.21 Å². The molecule has 0 aliphatic rings. The molecule has 16 heavy (non-hydrogen) atoms. The molecule has 0 spiro atoms. The SMILES string of the molecule is CN(C)P(O)(O)(CC(F)(F)F)CC(F)(F)F. The van der Waals surface area contributed by atoms with Crippen LogP contribution in [0.15, 0.2) is 0 Å². The third kappa shape index (κ3) is 4.82. The molecule has 0 aliphatic carbocycles. The first kappa shape index (κ1) is 15.9. The Morgan fingerprint density at radius 1 is 0.875 bits per heavy atom. The second-order valence-corrected chi connectivity index (χ2v) is 7.85. The third-order valence-corrected chi connectivity index (χ3v) is 5.79. The zero-order valence-electron chi connectivity index (χ0n) is 8.47. The molecule has 2 N–H and O–H groups in total. The van der Waals surface area contributed by atoms with E-state index in [2.05, 4.69) is 0 Å². The van der Waals surface area contributed by atoms with Gasteiger partial charge in [0, 0.05) is 0 Å². The van der Waals surface area contributed by atoms with E-state index in [1.165, 1.54) is 0 Å². The molecule has 0 aromatic carbocycles. The molecule has 0 aromatic rings. The summed E-state index contributed by atoms with van der Waals surface area (Å²) in [5.41, 5.74) is 0. The van der Waals surface area contributed by atoms with Gasteiger partial charge in [-0.1, -0.05) is 0 Å². The third-order valence-electron chi connectivity index (χ3n) is 1.93. The van der Waals surface area contributed by atoms with Gasteiger partial charge in [-0.2, -0.15) is 0 Å². The van der Waals surface area contributed by atoms with E-state index >= 15 is 0 Å². The summed E-state index contributed by atoms with van der Waals surface area (Å²) in [4.78, 5) is 18.8. The molecule has 0 aromatic heterocycles.